The number of hydrogen-bond acceptors (Lipinski definition) is 2. The normalized spacial score (nSPS) is 32.3. The maximum absolute atomic E-state index is 6.98. The van der Waals surface area contributed by atoms with E-state index >= 15 is 0 Å². The van der Waals surface area contributed by atoms with Crippen molar-refractivity contribution in [1.82, 2.24) is 5.32 Å². The van der Waals surface area contributed by atoms with Crippen LogP contribution in [0.2, 0.25) is 0 Å². The lowest BCUT2D eigenvalue weighted by Crippen LogP contribution is -2.40. The van der Waals surface area contributed by atoms with Crippen LogP contribution in [-0.4, -0.2) is 25.7 Å². The molecule has 1 saturated heterocycles. The molecule has 0 bridgehead atoms. The van der Waals surface area contributed by atoms with Crippen molar-refractivity contribution < 1.29 is 8.85 Å². The Hall–Kier alpha value is -0.0800. The molecule has 0 amide bonds. The summed E-state index contributed by atoms with van der Waals surface area (Å²) in [6.45, 7) is 3.54. The molecule has 1 rings (SSSR count). The summed E-state index contributed by atoms with van der Waals surface area (Å²) in [6, 6.07) is 0. The van der Waals surface area contributed by atoms with Gasteiger partial charge in [-0.25, -0.2) is 0 Å². The third kappa shape index (κ3) is 1.66. The third-order valence-corrected chi connectivity index (χ3v) is 1.91. The largest absolute Gasteiger partial charge is 0.378 e. The maximum Gasteiger partial charge on any atom is 0.0674 e. The third-order valence-electron chi connectivity index (χ3n) is 1.91. The monoisotopic (exact) mass is 132 g/mol. The van der Waals surface area contributed by atoms with Crippen LogP contribution in [0.1, 0.15) is 23.9 Å². The van der Waals surface area contributed by atoms with Crippen LogP contribution in [0.4, 0.5) is 0 Å². The van der Waals surface area contributed by atoms with Gasteiger partial charge in [0.2, 0.25) is 0 Å². The Balaban J connectivity index is 2.47. The second-order valence-corrected chi connectivity index (χ2v) is 2.80. The van der Waals surface area contributed by atoms with Gasteiger partial charge in [-0.1, -0.05) is 0 Å². The molecule has 0 aliphatic carbocycles. The van der Waals surface area contributed by atoms with Gasteiger partial charge in [0.25, 0.3) is 0 Å². The van der Waals surface area contributed by atoms with Crippen molar-refractivity contribution in [3.63, 3.8) is 0 Å². The molecule has 1 aliphatic heterocycles. The summed E-state index contributed by atoms with van der Waals surface area (Å²) >= 11 is 0. The van der Waals surface area contributed by atoms with Gasteiger partial charge in [0.15, 0.2) is 0 Å². The van der Waals surface area contributed by atoms with E-state index in [2.05, 4.69) is 5.32 Å². The molecule has 0 aromatic rings. The molecule has 9 heavy (non-hydrogen) atoms. The fourth-order valence-corrected chi connectivity index (χ4v) is 1.06. The van der Waals surface area contributed by atoms with Crippen LogP contribution >= 0.6 is 0 Å². The molecule has 0 aromatic carbocycles. The van der Waals surface area contributed by atoms with Crippen molar-refractivity contribution >= 4 is 0 Å². The Morgan fingerprint density at radius 1 is 1.56 bits per heavy atom. The van der Waals surface area contributed by atoms with Crippen LogP contribution in [-0.2, 0) is 4.74 Å². The molecular formula is C7H15NO. The van der Waals surface area contributed by atoms with Gasteiger partial charge < -0.3 is 10.1 Å². The van der Waals surface area contributed by atoms with Crippen LogP contribution in [0.15, 0.2) is 0 Å². The summed E-state index contributed by atoms with van der Waals surface area (Å²) in [4.78, 5) is 0. The molecule has 2 heteroatoms. The first-order valence-corrected chi connectivity index (χ1v) is 3.32. The summed E-state index contributed by atoms with van der Waals surface area (Å²) in [5, 5.41) is 3.16. The number of ether oxygens (including phenoxy) is 1. The highest BCUT2D eigenvalue weighted by atomic mass is 16.5. The minimum atomic E-state index is -2.26. The predicted octanol–water partition coefficient (Wildman–Crippen LogP) is 0.775. The maximum atomic E-state index is 6.98. The van der Waals surface area contributed by atoms with Gasteiger partial charge in [-0.15, -0.1) is 0 Å². The number of hydrogen-bond donors (Lipinski definition) is 1. The standard InChI is InChI=1S/C7H15NO/c1-7(9-2)3-5-8-6-4-7/h8H,3-6H2,1-2H3/i2D3. The van der Waals surface area contributed by atoms with Crippen LogP contribution in [0.5, 0.6) is 0 Å². The van der Waals surface area contributed by atoms with E-state index in [9.17, 15) is 0 Å². The van der Waals surface area contributed by atoms with E-state index in [4.69, 9.17) is 8.85 Å². The Labute approximate surface area is 60.8 Å². The van der Waals surface area contributed by atoms with E-state index in [1.54, 1.807) is 0 Å². The molecule has 2 nitrogen and oxygen atoms in total. The molecule has 0 aromatic heterocycles. The Bertz CT molecular complexity index is 151. The minimum Gasteiger partial charge on any atom is -0.378 e. The fraction of sp³-hybridized carbons (Fsp3) is 1.00. The Morgan fingerprint density at radius 2 is 2.22 bits per heavy atom. The molecule has 54 valence electrons. The second-order valence-electron chi connectivity index (χ2n) is 2.80. The molecule has 1 fully saturated rings. The lowest BCUT2D eigenvalue weighted by molar-refractivity contribution is -0.0178. The van der Waals surface area contributed by atoms with Gasteiger partial charge in [0.1, 0.15) is 0 Å². The number of piperidine rings is 1. The SMILES string of the molecule is [2H]C([2H])([2H])OC1(C)CCNCC1. The van der Waals surface area contributed by atoms with Gasteiger partial charge in [-0.2, -0.15) is 0 Å². The van der Waals surface area contributed by atoms with Crippen LogP contribution < -0.4 is 5.32 Å². The number of nitrogens with one attached hydrogen (secondary N) is 1. The average molecular weight is 132 g/mol. The zero-order valence-corrected chi connectivity index (χ0v) is 5.74. The van der Waals surface area contributed by atoms with E-state index in [0.29, 0.717) is 0 Å². The summed E-state index contributed by atoms with van der Waals surface area (Å²) in [6.07, 6.45) is 1.54. The molecule has 0 spiro atoms. The molecule has 0 unspecified atom stereocenters. The van der Waals surface area contributed by atoms with Crippen molar-refractivity contribution in [2.24, 2.45) is 0 Å². The van der Waals surface area contributed by atoms with Gasteiger partial charge in [0, 0.05) is 7.04 Å². The van der Waals surface area contributed by atoms with E-state index in [0.717, 1.165) is 25.9 Å². The van der Waals surface area contributed by atoms with Crippen LogP contribution in [0.25, 0.3) is 0 Å². The summed E-state index contributed by atoms with van der Waals surface area (Å²) in [5.41, 5.74) is -0.462. The highest BCUT2D eigenvalue weighted by Crippen LogP contribution is 2.20. The smallest absolute Gasteiger partial charge is 0.0674 e. The summed E-state index contributed by atoms with van der Waals surface area (Å²) in [7, 11) is -2.26. The van der Waals surface area contributed by atoms with Crippen molar-refractivity contribution in [2.45, 2.75) is 25.4 Å². The molecular weight excluding hydrogens is 114 g/mol. The molecule has 1 heterocycles. The molecule has 0 atom stereocenters. The van der Waals surface area contributed by atoms with Gasteiger partial charge in [0.05, 0.1) is 9.71 Å². The quantitative estimate of drug-likeness (QED) is 0.569. The zero-order valence-electron chi connectivity index (χ0n) is 8.74. The first kappa shape index (κ1) is 3.94. The summed E-state index contributed by atoms with van der Waals surface area (Å²) in [5.74, 6) is 0. The van der Waals surface area contributed by atoms with E-state index < -0.39 is 12.6 Å². The van der Waals surface area contributed by atoms with Crippen LogP contribution in [0.3, 0.4) is 0 Å². The van der Waals surface area contributed by atoms with Crippen molar-refractivity contribution in [2.75, 3.05) is 20.1 Å². The topological polar surface area (TPSA) is 21.3 Å². The Kier molecular flexibility index (Phi) is 1.17. The lowest BCUT2D eigenvalue weighted by atomic mass is 9.95. The molecule has 1 N–H and O–H groups in total. The van der Waals surface area contributed by atoms with Gasteiger partial charge >= 0.3 is 0 Å². The highest BCUT2D eigenvalue weighted by Gasteiger charge is 2.25. The van der Waals surface area contributed by atoms with E-state index in [-0.39, 0.29) is 0 Å². The first-order chi connectivity index (χ1) is 5.41. The predicted molar refractivity (Wildman–Crippen MR) is 37.5 cm³/mol. The van der Waals surface area contributed by atoms with Gasteiger partial charge in [-0.3, -0.25) is 0 Å². The van der Waals surface area contributed by atoms with E-state index in [1.807, 2.05) is 6.92 Å². The summed E-state index contributed by atoms with van der Waals surface area (Å²) < 4.78 is 26.0. The van der Waals surface area contributed by atoms with Crippen LogP contribution in [0, 0.1) is 0 Å². The number of methoxy groups -OCH3 is 1. The second kappa shape index (κ2) is 2.67. The highest BCUT2D eigenvalue weighted by molar-refractivity contribution is 4.80. The number of rotatable bonds is 1. The van der Waals surface area contributed by atoms with Crippen molar-refractivity contribution in [1.29, 1.82) is 0 Å². The van der Waals surface area contributed by atoms with Crippen molar-refractivity contribution in [3.05, 3.63) is 0 Å². The Morgan fingerprint density at radius 3 is 2.78 bits per heavy atom. The first-order valence-electron chi connectivity index (χ1n) is 4.82. The zero-order chi connectivity index (χ0) is 9.24. The average Bonchev–Trinajstić information content (AvgIpc) is 1.83. The molecule has 0 radical (unpaired) electrons. The van der Waals surface area contributed by atoms with E-state index in [1.165, 1.54) is 0 Å². The van der Waals surface area contributed by atoms with Crippen molar-refractivity contribution in [3.8, 4) is 0 Å². The molecule has 1 aliphatic rings. The lowest BCUT2D eigenvalue weighted by Gasteiger charge is -2.32. The minimum absolute atomic E-state index is 0.462. The van der Waals surface area contributed by atoms with Gasteiger partial charge in [-0.05, 0) is 32.9 Å². The molecule has 0 saturated carbocycles. The fourth-order valence-electron chi connectivity index (χ4n) is 1.06.